The van der Waals surface area contributed by atoms with Crippen molar-refractivity contribution in [2.45, 2.75) is 55.9 Å². The molecule has 1 aromatic rings. The molecule has 5 N–H and O–H groups in total. The minimum absolute atomic E-state index is 0.0184. The summed E-state index contributed by atoms with van der Waals surface area (Å²) in [5.41, 5.74) is 10.3. The molecule has 6 rings (SSSR count). The van der Waals surface area contributed by atoms with Gasteiger partial charge in [0.25, 0.3) is 0 Å². The van der Waals surface area contributed by atoms with Gasteiger partial charge in [0.15, 0.2) is 0 Å². The van der Waals surface area contributed by atoms with Crippen molar-refractivity contribution in [3.8, 4) is 0 Å². The molecule has 2 heterocycles. The highest BCUT2D eigenvalue weighted by molar-refractivity contribution is 5.84. The third-order valence-electron chi connectivity index (χ3n) is 8.04. The van der Waals surface area contributed by atoms with E-state index in [4.69, 9.17) is 11.5 Å². The van der Waals surface area contributed by atoms with E-state index in [9.17, 15) is 18.8 Å². The topological polar surface area (TPSA) is 122 Å². The van der Waals surface area contributed by atoms with Crippen LogP contribution in [0, 0.1) is 11.3 Å². The van der Waals surface area contributed by atoms with Gasteiger partial charge in [-0.25, -0.2) is 4.39 Å². The summed E-state index contributed by atoms with van der Waals surface area (Å²) >= 11 is 0. The molecule has 3 saturated carbocycles. The first-order valence-electron chi connectivity index (χ1n) is 11.7. The van der Waals surface area contributed by atoms with E-state index in [1.807, 2.05) is 18.2 Å². The number of alkyl halides is 1. The van der Waals surface area contributed by atoms with Crippen LogP contribution in [0.5, 0.6) is 0 Å². The molecule has 33 heavy (non-hydrogen) atoms. The van der Waals surface area contributed by atoms with Crippen LogP contribution >= 0.6 is 0 Å². The van der Waals surface area contributed by atoms with E-state index in [1.54, 1.807) is 4.90 Å². The van der Waals surface area contributed by atoms with Crippen LogP contribution in [0.3, 0.4) is 0 Å². The Hall–Kier alpha value is -2.52. The maximum atomic E-state index is 14.0. The maximum Gasteiger partial charge on any atom is 0.234 e. The Morgan fingerprint density at radius 3 is 2.39 bits per heavy atom. The lowest BCUT2D eigenvalue weighted by Crippen LogP contribution is -2.77. The molecule has 3 amide bonds. The number of nitrogens with zero attached hydrogens (tertiary/aromatic N) is 2. The van der Waals surface area contributed by atoms with Crippen LogP contribution in [0.15, 0.2) is 30.3 Å². The highest BCUT2D eigenvalue weighted by Gasteiger charge is 2.70. The molecule has 5 aliphatic rings. The molecule has 0 radical (unpaired) electrons. The Bertz CT molecular complexity index is 944. The zero-order valence-electron chi connectivity index (χ0n) is 18.8. The molecule has 2 saturated heterocycles. The molecule has 1 aromatic carbocycles. The van der Waals surface area contributed by atoms with Crippen LogP contribution in [-0.4, -0.2) is 70.9 Å². The van der Waals surface area contributed by atoms with Crippen LogP contribution in [0.2, 0.25) is 0 Å². The molecule has 1 unspecified atom stereocenters. The number of primary amides is 1. The molecule has 178 valence electrons. The summed E-state index contributed by atoms with van der Waals surface area (Å²) in [4.78, 5) is 41.1. The lowest BCUT2D eigenvalue weighted by Gasteiger charge is -2.66. The fourth-order valence-electron chi connectivity index (χ4n) is 6.33. The highest BCUT2D eigenvalue weighted by atomic mass is 19.1. The molecule has 8 nitrogen and oxygen atoms in total. The van der Waals surface area contributed by atoms with Crippen LogP contribution in [-0.2, 0) is 20.9 Å². The number of likely N-dealkylation sites (tertiary alicyclic amines) is 2. The first-order valence-corrected chi connectivity index (χ1v) is 11.7. The number of halogens is 1. The number of hydrogen-bond acceptors (Lipinski definition) is 5. The van der Waals surface area contributed by atoms with Crippen molar-refractivity contribution >= 4 is 17.7 Å². The van der Waals surface area contributed by atoms with Crippen molar-refractivity contribution < 1.29 is 18.8 Å². The van der Waals surface area contributed by atoms with Gasteiger partial charge in [-0.1, -0.05) is 30.3 Å². The zero-order valence-corrected chi connectivity index (χ0v) is 18.8. The number of carbonyl (C=O) groups is 3. The van der Waals surface area contributed by atoms with Crippen LogP contribution in [0.1, 0.15) is 37.7 Å². The van der Waals surface area contributed by atoms with Gasteiger partial charge in [0.1, 0.15) is 5.67 Å². The number of benzene rings is 1. The summed E-state index contributed by atoms with van der Waals surface area (Å²) in [5.74, 6) is -0.953. The third kappa shape index (κ3) is 4.01. The number of amides is 3. The van der Waals surface area contributed by atoms with Crippen molar-refractivity contribution in [1.29, 1.82) is 0 Å². The Morgan fingerprint density at radius 1 is 1.12 bits per heavy atom. The van der Waals surface area contributed by atoms with Gasteiger partial charge in [-0.2, -0.15) is 0 Å². The third-order valence-corrected chi connectivity index (χ3v) is 8.04. The molecule has 1 spiro atoms. The van der Waals surface area contributed by atoms with Crippen molar-refractivity contribution in [3.05, 3.63) is 35.9 Å². The predicted molar refractivity (Wildman–Crippen MR) is 119 cm³/mol. The summed E-state index contributed by atoms with van der Waals surface area (Å²) in [7, 11) is 0. The largest absolute Gasteiger partial charge is 0.368 e. The summed E-state index contributed by atoms with van der Waals surface area (Å²) in [6.07, 6.45) is 1.64. The highest BCUT2D eigenvalue weighted by Crippen LogP contribution is 2.63. The molecular weight excluding hydrogens is 425 g/mol. The fraction of sp³-hybridized carbons (Fsp3) is 0.625. The predicted octanol–water partition coefficient (Wildman–Crippen LogP) is 0.301. The van der Waals surface area contributed by atoms with Gasteiger partial charge < -0.3 is 21.7 Å². The Morgan fingerprint density at radius 2 is 1.79 bits per heavy atom. The molecular formula is C24H32FN5O3. The minimum Gasteiger partial charge on any atom is -0.368 e. The second-order valence-electron chi connectivity index (χ2n) is 10.8. The second kappa shape index (κ2) is 7.77. The Labute approximate surface area is 192 Å². The van der Waals surface area contributed by atoms with Crippen molar-refractivity contribution in [2.75, 3.05) is 26.2 Å². The number of hydrogen-bond donors (Lipinski definition) is 3. The summed E-state index contributed by atoms with van der Waals surface area (Å²) in [5, 5.41) is 3.15. The van der Waals surface area contributed by atoms with Gasteiger partial charge in [0.05, 0.1) is 12.0 Å². The second-order valence-corrected chi connectivity index (χ2v) is 10.8. The van der Waals surface area contributed by atoms with Crippen molar-refractivity contribution in [3.63, 3.8) is 0 Å². The smallest absolute Gasteiger partial charge is 0.234 e. The monoisotopic (exact) mass is 457 g/mol. The molecule has 2 atom stereocenters. The number of nitrogens with two attached hydrogens (primary N) is 2. The normalized spacial score (nSPS) is 32.4. The van der Waals surface area contributed by atoms with E-state index in [0.717, 1.165) is 13.1 Å². The van der Waals surface area contributed by atoms with E-state index in [2.05, 4.69) is 22.3 Å². The van der Waals surface area contributed by atoms with Crippen LogP contribution < -0.4 is 16.8 Å². The lowest BCUT2D eigenvalue weighted by atomic mass is 9.47. The zero-order chi connectivity index (χ0) is 23.4. The van der Waals surface area contributed by atoms with Crippen LogP contribution in [0.4, 0.5) is 4.39 Å². The van der Waals surface area contributed by atoms with E-state index < -0.39 is 17.6 Å². The van der Waals surface area contributed by atoms with Gasteiger partial charge in [-0.15, -0.1) is 0 Å². The fourth-order valence-corrected chi connectivity index (χ4v) is 6.33. The summed E-state index contributed by atoms with van der Waals surface area (Å²) in [6, 6.07) is 9.29. The Balaban J connectivity index is 1.24. The maximum absolute atomic E-state index is 14.0. The lowest BCUT2D eigenvalue weighted by molar-refractivity contribution is -0.180. The van der Waals surface area contributed by atoms with E-state index in [0.29, 0.717) is 38.9 Å². The first kappa shape index (κ1) is 22.3. The number of rotatable bonds is 8. The molecule has 2 aliphatic heterocycles. The number of nitrogens with one attached hydrogen (secondary N) is 1. The minimum atomic E-state index is -1.06. The SMILES string of the molecule is NC(=O)[C@@H](N)CCC(=O)N1CC2(CN(Cc3ccccc3)CC2C(=O)NC23CC(F)(C2)C3)C1. The summed E-state index contributed by atoms with van der Waals surface area (Å²) < 4.78 is 14.0. The van der Waals surface area contributed by atoms with Crippen molar-refractivity contribution in [2.24, 2.45) is 22.8 Å². The average Bonchev–Trinajstić information content (AvgIpc) is 3.09. The standard InChI is InChI=1S/C24H32FN5O3/c25-23-10-24(11-23,12-23)28-21(33)17-9-29(8-16-4-2-1-3-5-16)13-22(17)14-30(15-22)19(31)7-6-18(26)20(27)32/h1-5,17-18H,6-15,26H2,(H2,27,32)(H,28,33)/t17?,18-,23?,24?/m0/s1. The van der Waals surface area contributed by atoms with Gasteiger partial charge in [0.2, 0.25) is 17.7 Å². The van der Waals surface area contributed by atoms with E-state index in [-0.39, 0.29) is 41.5 Å². The first-order chi connectivity index (χ1) is 15.6. The summed E-state index contributed by atoms with van der Waals surface area (Å²) in [6.45, 7) is 3.09. The van der Waals surface area contributed by atoms with Crippen molar-refractivity contribution in [1.82, 2.24) is 15.1 Å². The molecule has 5 fully saturated rings. The molecule has 2 bridgehead atoms. The molecule has 0 aromatic heterocycles. The number of carbonyl (C=O) groups excluding carboxylic acids is 3. The molecule has 9 heteroatoms. The average molecular weight is 458 g/mol. The van der Waals surface area contributed by atoms with Gasteiger partial charge >= 0.3 is 0 Å². The molecule has 3 aliphatic carbocycles. The quantitative estimate of drug-likeness (QED) is 0.518. The van der Waals surface area contributed by atoms with E-state index >= 15 is 0 Å². The van der Waals surface area contributed by atoms with E-state index in [1.165, 1.54) is 5.56 Å². The van der Waals surface area contributed by atoms with Crippen LogP contribution in [0.25, 0.3) is 0 Å². The van der Waals surface area contributed by atoms with Gasteiger partial charge in [-0.05, 0) is 12.0 Å². The van der Waals surface area contributed by atoms with Gasteiger partial charge in [-0.3, -0.25) is 19.3 Å². The Kier molecular flexibility index (Phi) is 5.25. The van der Waals surface area contributed by atoms with Gasteiger partial charge in [0, 0.05) is 69.4 Å².